The van der Waals surface area contributed by atoms with E-state index in [1.54, 1.807) is 72.9 Å². The number of nitrogens with zero attached hydrogens (tertiary/aromatic N) is 1. The van der Waals surface area contributed by atoms with Gasteiger partial charge in [-0.1, -0.05) is 50.2 Å². The van der Waals surface area contributed by atoms with E-state index in [0.29, 0.717) is 16.5 Å². The number of aromatic nitrogens is 1. The Kier molecular flexibility index (Phi) is 5.45. The Morgan fingerprint density at radius 1 is 0.794 bits per heavy atom. The van der Waals surface area contributed by atoms with Gasteiger partial charge in [0.05, 0.1) is 21.1 Å². The second-order valence-corrected chi connectivity index (χ2v) is 13.0. The molecule has 0 N–H and O–H groups in total. The third-order valence-electron chi connectivity index (χ3n) is 7.01. The highest BCUT2D eigenvalue weighted by Crippen LogP contribution is 2.49. The number of hydrogen-bond donors (Lipinski definition) is 0. The van der Waals surface area contributed by atoms with Gasteiger partial charge in [0.2, 0.25) is 0 Å². The molecule has 0 spiro atoms. The van der Waals surface area contributed by atoms with Crippen molar-refractivity contribution in [2.45, 2.75) is 54.6 Å². The molecule has 5 rings (SSSR count). The van der Waals surface area contributed by atoms with Gasteiger partial charge in [0, 0.05) is 11.6 Å². The number of sulfone groups is 1. The van der Waals surface area contributed by atoms with E-state index in [1.165, 1.54) is 3.97 Å². The summed E-state index contributed by atoms with van der Waals surface area (Å²) in [5, 5.41) is 0.691. The molecule has 0 unspecified atom stereocenters. The summed E-state index contributed by atoms with van der Waals surface area (Å²) in [7, 11) is -7.46. The first-order valence-corrected chi connectivity index (χ1v) is 14.5. The zero-order valence-electron chi connectivity index (χ0n) is 19.4. The fourth-order valence-electron chi connectivity index (χ4n) is 5.51. The van der Waals surface area contributed by atoms with Gasteiger partial charge in [-0.3, -0.25) is 0 Å². The van der Waals surface area contributed by atoms with Crippen LogP contribution in [-0.4, -0.2) is 20.8 Å². The molecule has 2 atom stereocenters. The van der Waals surface area contributed by atoms with Gasteiger partial charge in [0.25, 0.3) is 10.0 Å². The van der Waals surface area contributed by atoms with Gasteiger partial charge in [-0.25, -0.2) is 20.8 Å². The van der Waals surface area contributed by atoms with Crippen molar-refractivity contribution in [3.8, 4) is 0 Å². The molecular formula is C27H27NO4S2. The Labute approximate surface area is 201 Å². The topological polar surface area (TPSA) is 73.2 Å². The van der Waals surface area contributed by atoms with Crippen molar-refractivity contribution in [3.63, 3.8) is 0 Å². The molecule has 176 valence electrons. The molecule has 0 aliphatic heterocycles. The maximum Gasteiger partial charge on any atom is 0.268 e. The van der Waals surface area contributed by atoms with Gasteiger partial charge in [-0.2, -0.15) is 0 Å². The van der Waals surface area contributed by atoms with Gasteiger partial charge in [-0.15, -0.1) is 0 Å². The van der Waals surface area contributed by atoms with Gasteiger partial charge in [0.1, 0.15) is 0 Å². The molecule has 5 nitrogen and oxygen atoms in total. The highest BCUT2D eigenvalue weighted by molar-refractivity contribution is 7.90. The van der Waals surface area contributed by atoms with E-state index in [1.807, 2.05) is 6.92 Å². The maximum atomic E-state index is 13.6. The average Bonchev–Trinajstić information content (AvgIpc) is 3.39. The van der Waals surface area contributed by atoms with Crippen LogP contribution in [0.2, 0.25) is 0 Å². The van der Waals surface area contributed by atoms with Crippen LogP contribution in [0.5, 0.6) is 0 Å². The van der Waals surface area contributed by atoms with Crippen LogP contribution in [0.1, 0.15) is 54.4 Å². The first kappa shape index (κ1) is 22.9. The van der Waals surface area contributed by atoms with Gasteiger partial charge >= 0.3 is 0 Å². The summed E-state index contributed by atoms with van der Waals surface area (Å²) in [6.45, 7) is 6.23. The molecule has 0 saturated carbocycles. The molecule has 0 amide bonds. The van der Waals surface area contributed by atoms with Crippen LogP contribution in [0.4, 0.5) is 0 Å². The first-order chi connectivity index (χ1) is 16.1. The second kappa shape index (κ2) is 8.10. The third-order valence-corrected chi connectivity index (χ3v) is 10.4. The van der Waals surface area contributed by atoms with E-state index in [-0.39, 0.29) is 27.4 Å². The highest BCUT2D eigenvalue weighted by atomic mass is 32.2. The Morgan fingerprint density at radius 3 is 1.97 bits per heavy atom. The number of benzene rings is 3. The van der Waals surface area contributed by atoms with E-state index in [9.17, 15) is 16.8 Å². The van der Waals surface area contributed by atoms with Crippen LogP contribution in [0.3, 0.4) is 0 Å². The fourth-order valence-corrected chi connectivity index (χ4v) is 8.39. The van der Waals surface area contributed by atoms with Crippen LogP contribution in [0.15, 0.2) is 82.7 Å². The summed E-state index contributed by atoms with van der Waals surface area (Å²) >= 11 is 0. The Hall–Kier alpha value is -2.90. The smallest absolute Gasteiger partial charge is 0.241 e. The summed E-state index contributed by atoms with van der Waals surface area (Å²) in [6.07, 6.45) is 2.47. The molecule has 4 aromatic rings. The molecule has 0 fully saturated rings. The molecule has 7 heteroatoms. The molecule has 3 aromatic carbocycles. The first-order valence-electron chi connectivity index (χ1n) is 11.4. The normalized spacial score (nSPS) is 18.3. The van der Waals surface area contributed by atoms with Crippen LogP contribution in [0, 0.1) is 6.92 Å². The predicted molar refractivity (Wildman–Crippen MR) is 134 cm³/mol. The lowest BCUT2D eigenvalue weighted by Crippen LogP contribution is -2.14. The fraction of sp³-hybridized carbons (Fsp3) is 0.259. The lowest BCUT2D eigenvalue weighted by Gasteiger charge is -2.19. The number of rotatable bonds is 5. The molecule has 0 bridgehead atoms. The molecule has 1 aliphatic rings. The molecular weight excluding hydrogens is 466 g/mol. The standard InChI is InChI=1S/C27H27NO4S2/c1-18-16-19(2)26-25(18)20(3)24(17-33(29,30)21-10-6-4-7-11-21)23-14-15-28(27(23)26)34(31,32)22-12-8-5-9-13-22/h4-15,18-19H,16-17H2,1-3H3/t18-,19-/m1/s1. The van der Waals surface area contributed by atoms with Crippen molar-refractivity contribution in [3.05, 3.63) is 95.2 Å². The predicted octanol–water partition coefficient (Wildman–Crippen LogP) is 5.77. The lowest BCUT2D eigenvalue weighted by atomic mass is 9.91. The minimum absolute atomic E-state index is 0.172. The quantitative estimate of drug-likeness (QED) is 0.354. The van der Waals surface area contributed by atoms with Crippen LogP contribution in [-0.2, 0) is 25.6 Å². The lowest BCUT2D eigenvalue weighted by molar-refractivity contribution is 0.588. The maximum absolute atomic E-state index is 13.6. The Morgan fingerprint density at radius 2 is 1.35 bits per heavy atom. The summed E-state index contributed by atoms with van der Waals surface area (Å²) < 4.78 is 55.3. The van der Waals surface area contributed by atoms with Crippen molar-refractivity contribution in [1.29, 1.82) is 0 Å². The molecule has 0 saturated heterocycles. The van der Waals surface area contributed by atoms with Gasteiger partial charge in [-0.05, 0) is 77.8 Å². The Bertz CT molecular complexity index is 1600. The molecule has 1 heterocycles. The summed E-state index contributed by atoms with van der Waals surface area (Å²) in [4.78, 5) is 0.472. The van der Waals surface area contributed by atoms with Crippen LogP contribution >= 0.6 is 0 Å². The number of fused-ring (bicyclic) bond motifs is 3. The van der Waals surface area contributed by atoms with Gasteiger partial charge < -0.3 is 0 Å². The monoisotopic (exact) mass is 493 g/mol. The van der Waals surface area contributed by atoms with Crippen molar-refractivity contribution in [2.24, 2.45) is 0 Å². The second-order valence-electron chi connectivity index (χ2n) is 9.23. The molecule has 1 aromatic heterocycles. The minimum atomic E-state index is -3.84. The largest absolute Gasteiger partial charge is 0.268 e. The van der Waals surface area contributed by atoms with E-state index >= 15 is 0 Å². The van der Waals surface area contributed by atoms with Crippen LogP contribution < -0.4 is 0 Å². The van der Waals surface area contributed by atoms with E-state index in [2.05, 4.69) is 13.8 Å². The molecule has 0 radical (unpaired) electrons. The van der Waals surface area contributed by atoms with Crippen molar-refractivity contribution in [1.82, 2.24) is 3.97 Å². The Balaban J connectivity index is 1.80. The van der Waals surface area contributed by atoms with E-state index in [4.69, 9.17) is 0 Å². The highest BCUT2D eigenvalue weighted by Gasteiger charge is 2.35. The summed E-state index contributed by atoms with van der Waals surface area (Å²) in [5.41, 5.74) is 4.35. The van der Waals surface area contributed by atoms with Gasteiger partial charge in [0.15, 0.2) is 9.84 Å². The SMILES string of the molecule is Cc1c2c(c3c(ccn3S(=O)(=O)c3ccccc3)c1CS(=O)(=O)c1ccccc1)[C@H](C)C[C@H]2C. The van der Waals surface area contributed by atoms with Crippen molar-refractivity contribution >= 4 is 30.8 Å². The minimum Gasteiger partial charge on any atom is -0.241 e. The zero-order chi connectivity index (χ0) is 24.3. The summed E-state index contributed by atoms with van der Waals surface area (Å²) in [6, 6.07) is 18.5. The zero-order valence-corrected chi connectivity index (χ0v) is 21.0. The molecule has 34 heavy (non-hydrogen) atoms. The van der Waals surface area contributed by atoms with E-state index in [0.717, 1.165) is 23.1 Å². The van der Waals surface area contributed by atoms with Crippen LogP contribution in [0.25, 0.3) is 10.9 Å². The van der Waals surface area contributed by atoms with Crippen molar-refractivity contribution in [2.75, 3.05) is 0 Å². The summed E-state index contributed by atoms with van der Waals surface area (Å²) in [5.74, 6) is 0.212. The van der Waals surface area contributed by atoms with Crippen molar-refractivity contribution < 1.29 is 16.8 Å². The third kappa shape index (κ3) is 3.49. The van der Waals surface area contributed by atoms with E-state index < -0.39 is 19.9 Å². The molecule has 1 aliphatic carbocycles. The number of hydrogen-bond acceptors (Lipinski definition) is 4. The average molecular weight is 494 g/mol.